The number of imidazole rings is 1. The molecule has 1 heterocycles. The van der Waals surface area contributed by atoms with Crippen molar-refractivity contribution >= 4 is 5.91 Å². The second-order valence-electron chi connectivity index (χ2n) is 4.59. The number of carbonyl (C=O) groups is 1. The number of benzene rings is 1. The predicted octanol–water partition coefficient (Wildman–Crippen LogP) is 0.344. The lowest BCUT2D eigenvalue weighted by molar-refractivity contribution is -0.122. The molecule has 1 aromatic heterocycles. The number of nitrogens with one attached hydrogen (secondary N) is 2. The van der Waals surface area contributed by atoms with Gasteiger partial charge in [0.2, 0.25) is 5.91 Å². The third-order valence-corrected chi connectivity index (χ3v) is 2.98. The van der Waals surface area contributed by atoms with Gasteiger partial charge >= 0.3 is 0 Å². The molecule has 1 aromatic carbocycles. The Labute approximate surface area is 117 Å². The Morgan fingerprint density at radius 3 is 2.80 bits per heavy atom. The van der Waals surface area contributed by atoms with Crippen LogP contribution in [-0.4, -0.2) is 33.6 Å². The summed E-state index contributed by atoms with van der Waals surface area (Å²) in [6.45, 7) is 0.518. The van der Waals surface area contributed by atoms with Gasteiger partial charge in [0.05, 0.1) is 12.4 Å². The molecule has 0 bridgehead atoms. The average molecular weight is 274 g/mol. The van der Waals surface area contributed by atoms with E-state index in [9.17, 15) is 9.90 Å². The number of rotatable bonds is 6. The van der Waals surface area contributed by atoms with Gasteiger partial charge in [0.15, 0.2) is 0 Å². The van der Waals surface area contributed by atoms with Crippen LogP contribution in [0.3, 0.4) is 0 Å². The molecular weight excluding hydrogens is 256 g/mol. The minimum Gasteiger partial charge on any atom is -0.508 e. The zero-order chi connectivity index (χ0) is 14.4. The van der Waals surface area contributed by atoms with Crippen molar-refractivity contribution in [3.63, 3.8) is 0 Å². The van der Waals surface area contributed by atoms with E-state index in [0.717, 1.165) is 11.3 Å². The predicted molar refractivity (Wildman–Crippen MR) is 75.1 cm³/mol. The lowest BCUT2D eigenvalue weighted by atomic mass is 10.1. The first-order chi connectivity index (χ1) is 9.65. The molecule has 0 spiro atoms. The van der Waals surface area contributed by atoms with E-state index in [-0.39, 0.29) is 11.7 Å². The summed E-state index contributed by atoms with van der Waals surface area (Å²) in [6.07, 6.45) is 4.46. The van der Waals surface area contributed by atoms with Crippen LogP contribution >= 0.6 is 0 Å². The van der Waals surface area contributed by atoms with E-state index in [0.29, 0.717) is 19.4 Å². The van der Waals surface area contributed by atoms with Gasteiger partial charge in [0.25, 0.3) is 0 Å². The third kappa shape index (κ3) is 4.10. The number of aromatic nitrogens is 2. The first-order valence-electron chi connectivity index (χ1n) is 6.43. The van der Waals surface area contributed by atoms with Gasteiger partial charge in [-0.05, 0) is 24.1 Å². The minimum atomic E-state index is -0.596. The number of phenols is 1. The molecule has 0 saturated carbocycles. The van der Waals surface area contributed by atoms with Gasteiger partial charge in [0.1, 0.15) is 5.75 Å². The quantitative estimate of drug-likeness (QED) is 0.610. The third-order valence-electron chi connectivity index (χ3n) is 2.98. The molecule has 0 unspecified atom stereocenters. The Morgan fingerprint density at radius 1 is 1.40 bits per heavy atom. The van der Waals surface area contributed by atoms with E-state index in [1.807, 2.05) is 0 Å². The zero-order valence-electron chi connectivity index (χ0n) is 11.0. The maximum Gasteiger partial charge on any atom is 0.237 e. The molecule has 0 aliphatic heterocycles. The summed E-state index contributed by atoms with van der Waals surface area (Å²) in [5.74, 6) is 0.0175. The highest BCUT2D eigenvalue weighted by Gasteiger charge is 2.13. The number of nitrogens with zero attached hydrogens (tertiary/aromatic N) is 1. The molecule has 2 rings (SSSR count). The molecule has 6 heteroatoms. The first-order valence-corrected chi connectivity index (χ1v) is 6.43. The lowest BCUT2D eigenvalue weighted by Gasteiger charge is -2.12. The summed E-state index contributed by atoms with van der Waals surface area (Å²) < 4.78 is 0. The molecule has 5 N–H and O–H groups in total. The van der Waals surface area contributed by atoms with E-state index in [1.54, 1.807) is 36.8 Å². The molecule has 0 aliphatic carbocycles. The van der Waals surface area contributed by atoms with Crippen LogP contribution in [0.5, 0.6) is 5.75 Å². The van der Waals surface area contributed by atoms with Crippen molar-refractivity contribution in [3.05, 3.63) is 48.0 Å². The van der Waals surface area contributed by atoms with Gasteiger partial charge < -0.3 is 21.1 Å². The number of H-pyrrole nitrogens is 1. The van der Waals surface area contributed by atoms with Crippen LogP contribution in [0, 0.1) is 0 Å². The van der Waals surface area contributed by atoms with Gasteiger partial charge in [-0.25, -0.2) is 4.98 Å². The maximum absolute atomic E-state index is 11.8. The van der Waals surface area contributed by atoms with Gasteiger partial charge in [-0.2, -0.15) is 0 Å². The fourth-order valence-electron chi connectivity index (χ4n) is 1.85. The van der Waals surface area contributed by atoms with Crippen LogP contribution in [0.1, 0.15) is 11.3 Å². The number of carbonyl (C=O) groups excluding carboxylic acids is 1. The Balaban J connectivity index is 1.75. The smallest absolute Gasteiger partial charge is 0.237 e. The highest BCUT2D eigenvalue weighted by molar-refractivity contribution is 5.81. The largest absolute Gasteiger partial charge is 0.508 e. The van der Waals surface area contributed by atoms with Crippen molar-refractivity contribution in [2.45, 2.75) is 18.9 Å². The monoisotopic (exact) mass is 274 g/mol. The lowest BCUT2D eigenvalue weighted by Crippen LogP contribution is -2.42. The molecule has 0 fully saturated rings. The highest BCUT2D eigenvalue weighted by atomic mass is 16.3. The van der Waals surface area contributed by atoms with Crippen LogP contribution in [0.25, 0.3) is 0 Å². The van der Waals surface area contributed by atoms with E-state index in [4.69, 9.17) is 5.73 Å². The molecule has 2 aromatic rings. The summed E-state index contributed by atoms with van der Waals surface area (Å²) in [6, 6.07) is 6.08. The standard InChI is InChI=1S/C14H18N4O2/c15-13(7-10-1-3-12(19)4-2-10)14(20)17-6-5-11-8-16-9-18-11/h1-4,8-9,13,19H,5-7,15H2,(H,16,18)(H,17,20)/t13-/m1/s1. The summed E-state index contributed by atoms with van der Waals surface area (Å²) in [7, 11) is 0. The number of hydrogen-bond acceptors (Lipinski definition) is 4. The average Bonchev–Trinajstić information content (AvgIpc) is 2.94. The van der Waals surface area contributed by atoms with Crippen LogP contribution in [0.15, 0.2) is 36.8 Å². The Kier molecular flexibility index (Phi) is 4.73. The van der Waals surface area contributed by atoms with E-state index >= 15 is 0 Å². The summed E-state index contributed by atoms with van der Waals surface area (Å²) in [5.41, 5.74) is 7.74. The number of aromatic amines is 1. The summed E-state index contributed by atoms with van der Waals surface area (Å²) in [5, 5.41) is 12.0. The van der Waals surface area contributed by atoms with Crippen LogP contribution in [0.2, 0.25) is 0 Å². The van der Waals surface area contributed by atoms with Crippen LogP contribution in [-0.2, 0) is 17.6 Å². The minimum absolute atomic E-state index is 0.183. The molecule has 1 atom stereocenters. The molecule has 106 valence electrons. The maximum atomic E-state index is 11.8. The van der Waals surface area contributed by atoms with Gasteiger partial charge in [0, 0.05) is 24.9 Å². The number of hydrogen-bond donors (Lipinski definition) is 4. The highest BCUT2D eigenvalue weighted by Crippen LogP contribution is 2.10. The second kappa shape index (κ2) is 6.72. The normalized spacial score (nSPS) is 12.1. The Morgan fingerprint density at radius 2 is 2.15 bits per heavy atom. The van der Waals surface area contributed by atoms with Gasteiger partial charge in [-0.3, -0.25) is 4.79 Å². The van der Waals surface area contributed by atoms with Crippen molar-refractivity contribution in [2.75, 3.05) is 6.54 Å². The molecular formula is C14H18N4O2. The van der Waals surface area contributed by atoms with Crippen LogP contribution < -0.4 is 11.1 Å². The van der Waals surface area contributed by atoms with E-state index < -0.39 is 6.04 Å². The number of phenolic OH excluding ortho intramolecular Hbond substituents is 1. The first kappa shape index (κ1) is 14.1. The van der Waals surface area contributed by atoms with Crippen molar-refractivity contribution in [1.82, 2.24) is 15.3 Å². The number of amides is 1. The van der Waals surface area contributed by atoms with Crippen LogP contribution in [0.4, 0.5) is 0 Å². The molecule has 6 nitrogen and oxygen atoms in total. The number of nitrogens with two attached hydrogens (primary N) is 1. The topological polar surface area (TPSA) is 104 Å². The van der Waals surface area contributed by atoms with Gasteiger partial charge in [-0.15, -0.1) is 0 Å². The molecule has 0 radical (unpaired) electrons. The zero-order valence-corrected chi connectivity index (χ0v) is 11.0. The van der Waals surface area contributed by atoms with Crippen molar-refractivity contribution < 1.29 is 9.90 Å². The van der Waals surface area contributed by atoms with E-state index in [2.05, 4.69) is 15.3 Å². The second-order valence-corrected chi connectivity index (χ2v) is 4.59. The fourth-order valence-corrected chi connectivity index (χ4v) is 1.85. The Hall–Kier alpha value is -2.34. The summed E-state index contributed by atoms with van der Waals surface area (Å²) in [4.78, 5) is 18.7. The summed E-state index contributed by atoms with van der Waals surface area (Å²) >= 11 is 0. The Bertz CT molecular complexity index is 537. The molecule has 1 amide bonds. The molecule has 0 saturated heterocycles. The van der Waals surface area contributed by atoms with Crippen molar-refractivity contribution in [3.8, 4) is 5.75 Å². The SMILES string of the molecule is N[C@H](Cc1ccc(O)cc1)C(=O)NCCc1cnc[nH]1. The molecule has 0 aliphatic rings. The van der Waals surface area contributed by atoms with Crippen molar-refractivity contribution in [1.29, 1.82) is 0 Å². The van der Waals surface area contributed by atoms with Crippen molar-refractivity contribution in [2.24, 2.45) is 5.73 Å². The van der Waals surface area contributed by atoms with E-state index in [1.165, 1.54) is 0 Å². The molecule has 20 heavy (non-hydrogen) atoms. The van der Waals surface area contributed by atoms with Gasteiger partial charge in [-0.1, -0.05) is 12.1 Å². The number of aromatic hydroxyl groups is 1. The fraction of sp³-hybridized carbons (Fsp3) is 0.286.